The first-order valence-electron chi connectivity index (χ1n) is 6.20. The van der Waals surface area contributed by atoms with Crippen LogP contribution in [0.5, 0.6) is 0 Å². The van der Waals surface area contributed by atoms with Gasteiger partial charge in [-0.3, -0.25) is 4.79 Å². The Hall–Kier alpha value is -0.660. The second-order valence-electron chi connectivity index (χ2n) is 4.37. The number of amides is 1. The molecule has 1 amide bonds. The highest BCUT2D eigenvalue weighted by Crippen LogP contribution is 2.18. The number of thiazole rings is 1. The van der Waals surface area contributed by atoms with Gasteiger partial charge in [-0.1, -0.05) is 11.6 Å². The highest BCUT2D eigenvalue weighted by atomic mass is 127. The van der Waals surface area contributed by atoms with E-state index >= 15 is 0 Å². The molecule has 0 saturated heterocycles. The third-order valence-corrected chi connectivity index (χ3v) is 4.85. The molecular formula is C14H14ClIN2OS. The molecule has 20 heavy (non-hydrogen) atoms. The number of halogens is 2. The first-order valence-corrected chi connectivity index (χ1v) is 8.54. The van der Waals surface area contributed by atoms with Crippen LogP contribution >= 0.6 is 45.5 Å². The van der Waals surface area contributed by atoms with E-state index in [0.29, 0.717) is 17.1 Å². The van der Waals surface area contributed by atoms with Crippen LogP contribution < -0.4 is 5.32 Å². The molecule has 6 heteroatoms. The monoisotopic (exact) mass is 420 g/mol. The molecular weight excluding hydrogens is 407 g/mol. The molecule has 0 aliphatic rings. The lowest BCUT2D eigenvalue weighted by molar-refractivity contribution is 0.0952. The zero-order valence-electron chi connectivity index (χ0n) is 11.0. The van der Waals surface area contributed by atoms with Crippen molar-refractivity contribution in [2.24, 2.45) is 0 Å². The van der Waals surface area contributed by atoms with Gasteiger partial charge in [0.25, 0.3) is 5.91 Å². The zero-order valence-corrected chi connectivity index (χ0v) is 14.7. The van der Waals surface area contributed by atoms with Crippen LogP contribution in [0.15, 0.2) is 23.6 Å². The number of aryl methyl sites for hydroxylation is 2. The van der Waals surface area contributed by atoms with Crippen molar-refractivity contribution in [2.75, 3.05) is 6.54 Å². The van der Waals surface area contributed by atoms with Crippen molar-refractivity contribution in [1.29, 1.82) is 0 Å². The molecule has 0 aliphatic heterocycles. The minimum absolute atomic E-state index is 0.0543. The van der Waals surface area contributed by atoms with E-state index in [4.69, 9.17) is 11.6 Å². The van der Waals surface area contributed by atoms with Crippen molar-refractivity contribution >= 4 is 51.4 Å². The lowest BCUT2D eigenvalue weighted by Gasteiger charge is -2.06. The maximum atomic E-state index is 12.0. The van der Waals surface area contributed by atoms with Crippen molar-refractivity contribution in [2.45, 2.75) is 19.8 Å². The summed E-state index contributed by atoms with van der Waals surface area (Å²) in [6.45, 7) is 2.64. The highest BCUT2D eigenvalue weighted by Gasteiger charge is 2.09. The Labute approximate surface area is 140 Å². The fraction of sp³-hybridized carbons (Fsp3) is 0.286. The number of aromatic nitrogens is 1. The molecule has 2 aromatic rings. The molecule has 0 atom stereocenters. The van der Waals surface area contributed by atoms with Crippen LogP contribution in [0, 0.1) is 10.5 Å². The Morgan fingerprint density at radius 2 is 2.30 bits per heavy atom. The Bertz CT molecular complexity index is 615. The Morgan fingerprint density at radius 3 is 2.95 bits per heavy atom. The Balaban J connectivity index is 1.80. The van der Waals surface area contributed by atoms with Crippen LogP contribution in [-0.4, -0.2) is 17.4 Å². The lowest BCUT2D eigenvalue weighted by Crippen LogP contribution is -2.25. The normalized spacial score (nSPS) is 10.6. The van der Waals surface area contributed by atoms with Gasteiger partial charge in [-0.05, 0) is 54.1 Å². The van der Waals surface area contributed by atoms with Gasteiger partial charge in [0, 0.05) is 32.6 Å². The van der Waals surface area contributed by atoms with Crippen LogP contribution in [0.1, 0.15) is 27.5 Å². The summed E-state index contributed by atoms with van der Waals surface area (Å²) in [6, 6.07) is 5.27. The van der Waals surface area contributed by atoms with Crippen molar-refractivity contribution in [1.82, 2.24) is 10.3 Å². The predicted octanol–water partition coefficient (Wildman–Crippen LogP) is 4.07. The fourth-order valence-electron chi connectivity index (χ4n) is 1.73. The summed E-state index contributed by atoms with van der Waals surface area (Å²) in [4.78, 5) is 16.4. The number of hydrogen-bond donors (Lipinski definition) is 1. The number of rotatable bonds is 5. The van der Waals surface area contributed by atoms with Gasteiger partial charge in [0.2, 0.25) is 0 Å². The molecule has 1 heterocycles. The standard InChI is InChI=1S/C14H14ClIN2OS/c1-9-8-20-13(18-9)3-2-6-17-14(19)11-5-4-10(15)7-12(11)16/h4-5,7-8H,2-3,6H2,1H3,(H,17,19). The SMILES string of the molecule is Cc1csc(CCCNC(=O)c2ccc(Cl)cc2I)n1. The zero-order chi connectivity index (χ0) is 14.5. The first kappa shape index (κ1) is 15.7. The molecule has 0 fully saturated rings. The van der Waals surface area contributed by atoms with E-state index in [1.807, 2.05) is 12.3 Å². The van der Waals surface area contributed by atoms with Crippen molar-refractivity contribution in [3.63, 3.8) is 0 Å². The molecule has 3 nitrogen and oxygen atoms in total. The molecule has 106 valence electrons. The number of nitrogens with one attached hydrogen (secondary N) is 1. The number of carbonyl (C=O) groups is 1. The molecule has 0 unspecified atom stereocenters. The molecule has 0 radical (unpaired) electrons. The van der Waals surface area contributed by atoms with Gasteiger partial charge in [0.1, 0.15) is 0 Å². The van der Waals surface area contributed by atoms with Crippen molar-refractivity contribution in [3.05, 3.63) is 48.4 Å². The van der Waals surface area contributed by atoms with Crippen LogP contribution in [0.3, 0.4) is 0 Å². The van der Waals surface area contributed by atoms with Gasteiger partial charge in [-0.2, -0.15) is 0 Å². The molecule has 0 aliphatic carbocycles. The molecule has 0 saturated carbocycles. The van der Waals surface area contributed by atoms with E-state index in [2.05, 4.69) is 32.9 Å². The molecule has 1 aromatic carbocycles. The highest BCUT2D eigenvalue weighted by molar-refractivity contribution is 14.1. The van der Waals surface area contributed by atoms with E-state index in [9.17, 15) is 4.79 Å². The van der Waals surface area contributed by atoms with Gasteiger partial charge >= 0.3 is 0 Å². The van der Waals surface area contributed by atoms with Crippen molar-refractivity contribution in [3.8, 4) is 0 Å². The fourth-order valence-corrected chi connectivity index (χ4v) is 3.66. The summed E-state index contributed by atoms with van der Waals surface area (Å²) in [5.74, 6) is -0.0543. The van der Waals surface area contributed by atoms with Crippen LogP contribution in [0.4, 0.5) is 0 Å². The van der Waals surface area contributed by atoms with Crippen LogP contribution in [0.25, 0.3) is 0 Å². The largest absolute Gasteiger partial charge is 0.352 e. The smallest absolute Gasteiger partial charge is 0.252 e. The van der Waals surface area contributed by atoms with Crippen LogP contribution in [0.2, 0.25) is 5.02 Å². The maximum Gasteiger partial charge on any atom is 0.252 e. The second kappa shape index (κ2) is 7.38. The summed E-state index contributed by atoms with van der Waals surface area (Å²) >= 11 is 9.67. The van der Waals surface area contributed by atoms with Crippen molar-refractivity contribution < 1.29 is 4.79 Å². The molecule has 1 aromatic heterocycles. The van der Waals surface area contributed by atoms with Gasteiger partial charge < -0.3 is 5.32 Å². The van der Waals surface area contributed by atoms with Gasteiger partial charge in [-0.15, -0.1) is 11.3 Å². The topological polar surface area (TPSA) is 42.0 Å². The molecule has 0 bridgehead atoms. The van der Waals surface area contributed by atoms with Gasteiger partial charge in [-0.25, -0.2) is 4.98 Å². The minimum atomic E-state index is -0.0543. The van der Waals surface area contributed by atoms with Gasteiger partial charge in [0.15, 0.2) is 0 Å². The van der Waals surface area contributed by atoms with Gasteiger partial charge in [0.05, 0.1) is 10.6 Å². The number of benzene rings is 1. The first-order chi connectivity index (χ1) is 9.56. The van der Waals surface area contributed by atoms with E-state index in [-0.39, 0.29) is 5.91 Å². The average molecular weight is 421 g/mol. The predicted molar refractivity (Wildman–Crippen MR) is 91.7 cm³/mol. The third kappa shape index (κ3) is 4.43. The summed E-state index contributed by atoms with van der Waals surface area (Å²) in [6.07, 6.45) is 1.79. The molecule has 1 N–H and O–H groups in total. The summed E-state index contributed by atoms with van der Waals surface area (Å²) in [5, 5.41) is 6.74. The van der Waals surface area contributed by atoms with E-state index in [1.54, 1.807) is 29.5 Å². The van der Waals surface area contributed by atoms with E-state index in [0.717, 1.165) is 27.1 Å². The molecule has 2 rings (SSSR count). The van der Waals surface area contributed by atoms with E-state index < -0.39 is 0 Å². The van der Waals surface area contributed by atoms with Crippen LogP contribution in [-0.2, 0) is 6.42 Å². The summed E-state index contributed by atoms with van der Waals surface area (Å²) < 4.78 is 0.864. The van der Waals surface area contributed by atoms with E-state index in [1.165, 1.54) is 0 Å². The molecule has 0 spiro atoms. The number of hydrogen-bond acceptors (Lipinski definition) is 3. The minimum Gasteiger partial charge on any atom is -0.352 e. The Morgan fingerprint density at radius 1 is 1.50 bits per heavy atom. The number of carbonyl (C=O) groups excluding carboxylic acids is 1. The lowest BCUT2D eigenvalue weighted by atomic mass is 10.2. The third-order valence-electron chi connectivity index (χ3n) is 2.70. The summed E-state index contributed by atoms with van der Waals surface area (Å²) in [5.41, 5.74) is 1.73. The second-order valence-corrected chi connectivity index (χ2v) is 6.91. The average Bonchev–Trinajstić information content (AvgIpc) is 2.80. The number of nitrogens with zero attached hydrogens (tertiary/aromatic N) is 1. The maximum absolute atomic E-state index is 12.0. The summed E-state index contributed by atoms with van der Waals surface area (Å²) in [7, 11) is 0. The Kier molecular flexibility index (Phi) is 5.80. The quantitative estimate of drug-likeness (QED) is 0.585.